The third-order valence-corrected chi connectivity index (χ3v) is 3.67. The molecule has 2 aromatic rings. The second-order valence-corrected chi connectivity index (χ2v) is 5.73. The zero-order valence-electron chi connectivity index (χ0n) is 11.2. The summed E-state index contributed by atoms with van der Waals surface area (Å²) in [5.74, 6) is -0.691. The van der Waals surface area contributed by atoms with Crippen molar-refractivity contribution in [1.29, 1.82) is 0 Å². The lowest BCUT2D eigenvalue weighted by atomic mass is 10.1. The van der Waals surface area contributed by atoms with Crippen LogP contribution in [0.1, 0.15) is 15.9 Å². The molecule has 0 aliphatic rings. The molecular formula is C16H14BrClFNO. The molecule has 0 bridgehead atoms. The molecule has 0 saturated carbocycles. The molecule has 110 valence electrons. The van der Waals surface area contributed by atoms with Gasteiger partial charge in [0.2, 0.25) is 0 Å². The highest BCUT2D eigenvalue weighted by Gasteiger charge is 2.16. The Morgan fingerprint density at radius 2 is 1.90 bits per heavy atom. The predicted molar refractivity (Wildman–Crippen MR) is 86.4 cm³/mol. The molecular weight excluding hydrogens is 357 g/mol. The van der Waals surface area contributed by atoms with Crippen LogP contribution in [0.3, 0.4) is 0 Å². The Morgan fingerprint density at radius 3 is 2.52 bits per heavy atom. The molecule has 2 rings (SSSR count). The molecule has 0 spiro atoms. The van der Waals surface area contributed by atoms with E-state index >= 15 is 0 Å². The molecule has 5 heteroatoms. The lowest BCUT2D eigenvalue weighted by molar-refractivity contribution is 0.0754. The highest BCUT2D eigenvalue weighted by Crippen LogP contribution is 2.18. The van der Waals surface area contributed by atoms with Crippen molar-refractivity contribution >= 4 is 33.4 Å². The van der Waals surface area contributed by atoms with Gasteiger partial charge in [0, 0.05) is 24.0 Å². The van der Waals surface area contributed by atoms with Crippen molar-refractivity contribution in [2.24, 2.45) is 0 Å². The van der Waals surface area contributed by atoms with Crippen LogP contribution in [-0.2, 0) is 6.54 Å². The number of carbonyl (C=O) groups is 1. The fraction of sp³-hybridized carbons (Fsp3) is 0.188. The monoisotopic (exact) mass is 369 g/mol. The minimum Gasteiger partial charge on any atom is -0.333 e. The zero-order chi connectivity index (χ0) is 15.2. The molecule has 0 heterocycles. The van der Waals surface area contributed by atoms with E-state index in [2.05, 4.69) is 15.9 Å². The van der Waals surface area contributed by atoms with Crippen LogP contribution in [0.15, 0.2) is 48.5 Å². The lowest BCUT2D eigenvalue weighted by Gasteiger charge is -2.22. The predicted octanol–water partition coefficient (Wildman–Crippen LogP) is 4.52. The first kappa shape index (κ1) is 16.0. The van der Waals surface area contributed by atoms with Gasteiger partial charge < -0.3 is 4.90 Å². The molecule has 0 aliphatic heterocycles. The Bertz CT molecular complexity index is 621. The van der Waals surface area contributed by atoms with Crippen LogP contribution in [0.25, 0.3) is 0 Å². The Balaban J connectivity index is 2.20. The van der Waals surface area contributed by atoms with Crippen molar-refractivity contribution in [1.82, 2.24) is 4.90 Å². The summed E-state index contributed by atoms with van der Waals surface area (Å²) in [5, 5.41) is 0.625. The van der Waals surface area contributed by atoms with Gasteiger partial charge in [0.1, 0.15) is 5.82 Å². The number of nitrogens with zero attached hydrogens (tertiary/aromatic N) is 1. The molecule has 2 nitrogen and oxygen atoms in total. The van der Waals surface area contributed by atoms with Crippen LogP contribution in [-0.4, -0.2) is 22.7 Å². The summed E-state index contributed by atoms with van der Waals surface area (Å²) in [7, 11) is 0. The Morgan fingerprint density at radius 1 is 1.19 bits per heavy atom. The molecule has 21 heavy (non-hydrogen) atoms. The molecule has 0 fully saturated rings. The summed E-state index contributed by atoms with van der Waals surface area (Å²) < 4.78 is 13.2. The first-order valence-corrected chi connectivity index (χ1v) is 7.96. The fourth-order valence-corrected chi connectivity index (χ4v) is 2.58. The van der Waals surface area contributed by atoms with E-state index in [1.165, 1.54) is 18.2 Å². The minimum atomic E-state index is -0.525. The topological polar surface area (TPSA) is 20.3 Å². The second-order valence-electron chi connectivity index (χ2n) is 4.53. The maximum absolute atomic E-state index is 13.2. The molecule has 0 aliphatic carbocycles. The van der Waals surface area contributed by atoms with E-state index in [0.717, 1.165) is 5.56 Å². The first-order chi connectivity index (χ1) is 10.1. The normalized spacial score (nSPS) is 10.4. The summed E-state index contributed by atoms with van der Waals surface area (Å²) in [5.41, 5.74) is 1.43. The molecule has 2 aromatic carbocycles. The summed E-state index contributed by atoms with van der Waals surface area (Å²) >= 11 is 9.10. The van der Waals surface area contributed by atoms with Gasteiger partial charge in [0.25, 0.3) is 5.91 Å². The zero-order valence-corrected chi connectivity index (χ0v) is 13.6. The third-order valence-electron chi connectivity index (χ3n) is 3.02. The quantitative estimate of drug-likeness (QED) is 0.709. The number of hydrogen-bond acceptors (Lipinski definition) is 1. The Kier molecular flexibility index (Phi) is 5.76. The van der Waals surface area contributed by atoms with E-state index < -0.39 is 5.82 Å². The third kappa shape index (κ3) is 4.29. The standard InChI is InChI=1S/C16H14BrClFNO/c17-8-9-20(11-12-4-2-1-3-5-12)16(21)13-6-7-15(19)14(18)10-13/h1-7,10H,8-9,11H2. The molecule has 0 radical (unpaired) electrons. The second kappa shape index (κ2) is 7.57. The van der Waals surface area contributed by atoms with Crippen LogP contribution >= 0.6 is 27.5 Å². The summed E-state index contributed by atoms with van der Waals surface area (Å²) in [4.78, 5) is 14.2. The maximum Gasteiger partial charge on any atom is 0.254 e. The number of carbonyl (C=O) groups excluding carboxylic acids is 1. The van der Waals surface area contributed by atoms with E-state index in [1.807, 2.05) is 30.3 Å². The van der Waals surface area contributed by atoms with Crippen LogP contribution in [0.4, 0.5) is 4.39 Å². The molecule has 0 atom stereocenters. The van der Waals surface area contributed by atoms with E-state index in [0.29, 0.717) is 24.0 Å². The molecule has 0 unspecified atom stereocenters. The van der Waals surface area contributed by atoms with Gasteiger partial charge in [-0.3, -0.25) is 4.79 Å². The van der Waals surface area contributed by atoms with Gasteiger partial charge in [-0.15, -0.1) is 0 Å². The highest BCUT2D eigenvalue weighted by molar-refractivity contribution is 9.09. The average molecular weight is 371 g/mol. The van der Waals surface area contributed by atoms with E-state index in [4.69, 9.17) is 11.6 Å². The van der Waals surface area contributed by atoms with Gasteiger partial charge in [-0.25, -0.2) is 4.39 Å². The first-order valence-electron chi connectivity index (χ1n) is 6.46. The van der Waals surface area contributed by atoms with E-state index in [-0.39, 0.29) is 10.9 Å². The van der Waals surface area contributed by atoms with Crippen molar-refractivity contribution in [2.75, 3.05) is 11.9 Å². The SMILES string of the molecule is O=C(c1ccc(F)c(Cl)c1)N(CCBr)Cc1ccccc1. The van der Waals surface area contributed by atoms with Crippen molar-refractivity contribution in [2.45, 2.75) is 6.54 Å². The smallest absolute Gasteiger partial charge is 0.254 e. The number of alkyl halides is 1. The molecule has 0 N–H and O–H groups in total. The summed E-state index contributed by atoms with van der Waals surface area (Å²) in [6.07, 6.45) is 0. The van der Waals surface area contributed by atoms with Gasteiger partial charge in [-0.05, 0) is 23.8 Å². The van der Waals surface area contributed by atoms with Crippen molar-refractivity contribution < 1.29 is 9.18 Å². The lowest BCUT2D eigenvalue weighted by Crippen LogP contribution is -2.32. The van der Waals surface area contributed by atoms with Crippen LogP contribution in [0.5, 0.6) is 0 Å². The van der Waals surface area contributed by atoms with Crippen molar-refractivity contribution in [3.8, 4) is 0 Å². The van der Waals surface area contributed by atoms with E-state index in [9.17, 15) is 9.18 Å². The van der Waals surface area contributed by atoms with Crippen LogP contribution in [0, 0.1) is 5.82 Å². The Labute approximate surface area is 136 Å². The highest BCUT2D eigenvalue weighted by atomic mass is 79.9. The summed E-state index contributed by atoms with van der Waals surface area (Å²) in [6.45, 7) is 1.06. The number of rotatable bonds is 5. The average Bonchev–Trinajstić information content (AvgIpc) is 2.50. The molecule has 1 amide bonds. The maximum atomic E-state index is 13.2. The van der Waals surface area contributed by atoms with Crippen molar-refractivity contribution in [3.05, 3.63) is 70.5 Å². The van der Waals surface area contributed by atoms with Gasteiger partial charge in [0.15, 0.2) is 0 Å². The Hall–Kier alpha value is -1.39. The minimum absolute atomic E-state index is 0.0423. The summed E-state index contributed by atoms with van der Waals surface area (Å²) in [6, 6.07) is 13.8. The fourth-order valence-electron chi connectivity index (χ4n) is 1.97. The number of halogens is 3. The van der Waals surface area contributed by atoms with Gasteiger partial charge in [0.05, 0.1) is 5.02 Å². The molecule has 0 aromatic heterocycles. The van der Waals surface area contributed by atoms with Crippen LogP contribution in [0.2, 0.25) is 5.02 Å². The van der Waals surface area contributed by atoms with E-state index in [1.54, 1.807) is 4.90 Å². The van der Waals surface area contributed by atoms with Crippen molar-refractivity contribution in [3.63, 3.8) is 0 Å². The van der Waals surface area contributed by atoms with Crippen LogP contribution < -0.4 is 0 Å². The largest absolute Gasteiger partial charge is 0.333 e. The number of amides is 1. The van der Waals surface area contributed by atoms with Gasteiger partial charge in [-0.2, -0.15) is 0 Å². The van der Waals surface area contributed by atoms with Gasteiger partial charge in [-0.1, -0.05) is 57.9 Å². The van der Waals surface area contributed by atoms with Gasteiger partial charge >= 0.3 is 0 Å². The molecule has 0 saturated heterocycles. The number of benzene rings is 2. The number of hydrogen-bond donors (Lipinski definition) is 0.